The largest absolute Gasteiger partial charge is 0.372 e. The molecule has 45 valence electrons. The van der Waals surface area contributed by atoms with Crippen LogP contribution in [0.3, 0.4) is 0 Å². The van der Waals surface area contributed by atoms with Gasteiger partial charge >= 0.3 is 0 Å². The molecule has 2 aliphatic rings. The van der Waals surface area contributed by atoms with Gasteiger partial charge in [0, 0.05) is 26.6 Å². The van der Waals surface area contributed by atoms with Gasteiger partial charge in [-0.3, -0.25) is 4.90 Å². The van der Waals surface area contributed by atoms with E-state index < -0.39 is 0 Å². The summed E-state index contributed by atoms with van der Waals surface area (Å²) in [5.74, 6) is 0. The second-order valence-electron chi connectivity index (χ2n) is 2.77. The van der Waals surface area contributed by atoms with E-state index in [2.05, 4.69) is 7.05 Å². The first kappa shape index (κ1) is 4.77. The van der Waals surface area contributed by atoms with Gasteiger partial charge in [0.05, 0.1) is 12.2 Å². The van der Waals surface area contributed by atoms with Gasteiger partial charge in [-0.15, -0.1) is 0 Å². The van der Waals surface area contributed by atoms with E-state index in [1.54, 1.807) is 0 Å². The zero-order valence-corrected chi connectivity index (χ0v) is 4.89. The van der Waals surface area contributed by atoms with E-state index in [0.717, 1.165) is 19.7 Å². The predicted molar refractivity (Wildman–Crippen MR) is 30.2 cm³/mol. The molecule has 0 N–H and O–H groups in total. The number of ether oxygens (including phenoxy) is 1. The minimum atomic E-state index is 0.280. The molecule has 0 bridgehead atoms. The van der Waals surface area contributed by atoms with Crippen molar-refractivity contribution in [3.8, 4) is 0 Å². The second kappa shape index (κ2) is 1.25. The molecule has 0 unspecified atom stereocenters. The number of likely N-dealkylation sites (tertiary alicyclic amines) is 1. The highest BCUT2D eigenvalue weighted by Crippen LogP contribution is 2.34. The van der Waals surface area contributed by atoms with Crippen molar-refractivity contribution in [1.29, 1.82) is 0 Å². The quantitative estimate of drug-likeness (QED) is 0.445. The third-order valence-corrected chi connectivity index (χ3v) is 1.99. The Kier molecular flexibility index (Phi) is 0.746. The van der Waals surface area contributed by atoms with Crippen LogP contribution < -0.4 is 0 Å². The summed E-state index contributed by atoms with van der Waals surface area (Å²) >= 11 is 0. The van der Waals surface area contributed by atoms with Crippen LogP contribution in [0.4, 0.5) is 0 Å². The minimum absolute atomic E-state index is 0.280. The highest BCUT2D eigenvalue weighted by atomic mass is 16.5. The van der Waals surface area contributed by atoms with E-state index in [0.29, 0.717) is 0 Å². The molecule has 0 aromatic rings. The van der Waals surface area contributed by atoms with Crippen LogP contribution in [0.1, 0.15) is 6.42 Å². The van der Waals surface area contributed by atoms with Crippen molar-refractivity contribution < 1.29 is 4.74 Å². The summed E-state index contributed by atoms with van der Waals surface area (Å²) < 4.78 is 5.34. The minimum Gasteiger partial charge on any atom is -0.372 e. The van der Waals surface area contributed by atoms with Gasteiger partial charge in [0.1, 0.15) is 0 Å². The van der Waals surface area contributed by atoms with E-state index in [1.165, 1.54) is 6.42 Å². The van der Waals surface area contributed by atoms with Gasteiger partial charge in [-0.1, -0.05) is 0 Å². The highest BCUT2D eigenvalue weighted by Gasteiger charge is 2.47. The zero-order valence-electron chi connectivity index (χ0n) is 4.89. The molecule has 0 aromatic carbocycles. The molecule has 1 radical (unpaired) electrons. The molecule has 2 saturated heterocycles. The maximum atomic E-state index is 5.34. The number of hydrogen-bond donors (Lipinski definition) is 0. The van der Waals surface area contributed by atoms with Crippen LogP contribution in [0.15, 0.2) is 0 Å². The summed E-state index contributed by atoms with van der Waals surface area (Å²) in [7, 11) is 3.77. The fourth-order valence-corrected chi connectivity index (χ4v) is 1.41. The van der Waals surface area contributed by atoms with Gasteiger partial charge in [-0.2, -0.15) is 0 Å². The fourth-order valence-electron chi connectivity index (χ4n) is 1.41. The number of rotatable bonds is 0. The molecule has 0 aliphatic carbocycles. The fraction of sp³-hybridized carbons (Fsp3) is 0.833. The second-order valence-corrected chi connectivity index (χ2v) is 2.77. The van der Waals surface area contributed by atoms with Crippen LogP contribution in [-0.4, -0.2) is 30.2 Å². The van der Waals surface area contributed by atoms with Crippen LogP contribution in [0, 0.1) is 7.05 Å². The third-order valence-electron chi connectivity index (χ3n) is 1.99. The van der Waals surface area contributed by atoms with Gasteiger partial charge in [0.2, 0.25) is 0 Å². The SMILES string of the molecule is [CH2]N1CC2(CCO2)C1. The van der Waals surface area contributed by atoms with Crippen molar-refractivity contribution >= 4 is 0 Å². The van der Waals surface area contributed by atoms with Crippen LogP contribution >= 0.6 is 0 Å². The van der Waals surface area contributed by atoms with Crippen molar-refractivity contribution in [2.24, 2.45) is 0 Å². The standard InChI is InChI=1S/C6H10NO/c1-7-4-6(5-7)2-3-8-6/h1-5H2. The third kappa shape index (κ3) is 0.446. The first-order valence-corrected chi connectivity index (χ1v) is 3.00. The molecule has 0 amide bonds. The molecule has 1 spiro atoms. The molecular weight excluding hydrogens is 102 g/mol. The van der Waals surface area contributed by atoms with Crippen molar-refractivity contribution in [2.45, 2.75) is 12.0 Å². The Hall–Kier alpha value is -0.0800. The molecule has 2 rings (SSSR count). The van der Waals surface area contributed by atoms with E-state index in [1.807, 2.05) is 4.90 Å². The highest BCUT2D eigenvalue weighted by molar-refractivity contribution is 5.01. The van der Waals surface area contributed by atoms with Crippen molar-refractivity contribution in [1.82, 2.24) is 4.90 Å². The molecule has 2 heteroatoms. The van der Waals surface area contributed by atoms with Crippen molar-refractivity contribution in [2.75, 3.05) is 19.7 Å². The Balaban J connectivity index is 1.92. The van der Waals surface area contributed by atoms with E-state index >= 15 is 0 Å². The Morgan fingerprint density at radius 1 is 1.50 bits per heavy atom. The molecule has 2 fully saturated rings. The van der Waals surface area contributed by atoms with Gasteiger partial charge < -0.3 is 4.74 Å². The summed E-state index contributed by atoms with van der Waals surface area (Å²) in [6, 6.07) is 0. The molecule has 8 heavy (non-hydrogen) atoms. The lowest BCUT2D eigenvalue weighted by Gasteiger charge is -2.53. The maximum absolute atomic E-state index is 5.34. The van der Waals surface area contributed by atoms with Gasteiger partial charge in [0.25, 0.3) is 0 Å². The number of nitrogens with zero attached hydrogens (tertiary/aromatic N) is 1. The van der Waals surface area contributed by atoms with Crippen LogP contribution in [0.5, 0.6) is 0 Å². The molecule has 2 aliphatic heterocycles. The first-order valence-electron chi connectivity index (χ1n) is 3.00. The molecule has 2 nitrogen and oxygen atoms in total. The predicted octanol–water partition coefficient (Wildman–Crippen LogP) is 0.253. The average molecular weight is 112 g/mol. The van der Waals surface area contributed by atoms with Gasteiger partial charge in [0.15, 0.2) is 0 Å². The summed E-state index contributed by atoms with van der Waals surface area (Å²) in [6.07, 6.45) is 1.25. The lowest BCUT2D eigenvalue weighted by molar-refractivity contribution is -0.211. The molecular formula is C6H10NO. The Morgan fingerprint density at radius 3 is 2.25 bits per heavy atom. The van der Waals surface area contributed by atoms with E-state index in [4.69, 9.17) is 4.74 Å². The number of hydrogen-bond acceptors (Lipinski definition) is 2. The van der Waals surface area contributed by atoms with E-state index in [-0.39, 0.29) is 5.60 Å². The van der Waals surface area contributed by atoms with Crippen LogP contribution in [0.25, 0.3) is 0 Å². The van der Waals surface area contributed by atoms with Gasteiger partial charge in [-0.25, -0.2) is 0 Å². The van der Waals surface area contributed by atoms with Crippen LogP contribution in [-0.2, 0) is 4.74 Å². The van der Waals surface area contributed by atoms with Crippen molar-refractivity contribution in [3.05, 3.63) is 7.05 Å². The zero-order chi connectivity index (χ0) is 5.61. The topological polar surface area (TPSA) is 12.5 Å². The molecule has 2 heterocycles. The van der Waals surface area contributed by atoms with Crippen molar-refractivity contribution in [3.63, 3.8) is 0 Å². The molecule has 0 atom stereocenters. The molecule has 0 saturated carbocycles. The lowest BCUT2D eigenvalue weighted by Crippen LogP contribution is -2.66. The van der Waals surface area contributed by atoms with Gasteiger partial charge in [-0.05, 0) is 0 Å². The Labute approximate surface area is 49.4 Å². The lowest BCUT2D eigenvalue weighted by atomic mass is 9.87. The normalized spacial score (nSPS) is 34.1. The Morgan fingerprint density at radius 2 is 2.12 bits per heavy atom. The van der Waals surface area contributed by atoms with Crippen LogP contribution in [0.2, 0.25) is 0 Å². The monoisotopic (exact) mass is 112 g/mol. The smallest absolute Gasteiger partial charge is 0.0956 e. The summed E-state index contributed by atoms with van der Waals surface area (Å²) in [5, 5.41) is 0. The Bertz CT molecular complexity index is 101. The average Bonchev–Trinajstić information content (AvgIpc) is 1.51. The van der Waals surface area contributed by atoms with E-state index in [9.17, 15) is 0 Å². The first-order chi connectivity index (χ1) is 3.81. The maximum Gasteiger partial charge on any atom is 0.0956 e. The summed E-state index contributed by atoms with van der Waals surface area (Å²) in [5.41, 5.74) is 0.280. The summed E-state index contributed by atoms with van der Waals surface area (Å²) in [6.45, 7) is 3.06. The molecule has 0 aromatic heterocycles. The summed E-state index contributed by atoms with van der Waals surface area (Å²) in [4.78, 5) is 2.04.